The first-order chi connectivity index (χ1) is 11.5. The van der Waals surface area contributed by atoms with Gasteiger partial charge in [-0.05, 0) is 65.5 Å². The van der Waals surface area contributed by atoms with Crippen LogP contribution in [0.1, 0.15) is 40.7 Å². The molecule has 124 valence electrons. The number of imidazole rings is 1. The summed E-state index contributed by atoms with van der Waals surface area (Å²) in [5, 5.41) is 3.05. The van der Waals surface area contributed by atoms with Gasteiger partial charge in [-0.1, -0.05) is 25.5 Å². The number of rotatable bonds is 4. The smallest absolute Gasteiger partial charge is 0.274 e. The van der Waals surface area contributed by atoms with Gasteiger partial charge in [0, 0.05) is 16.4 Å². The van der Waals surface area contributed by atoms with Crippen LogP contribution in [0, 0.1) is 13.8 Å². The number of halogens is 1. The molecule has 0 spiro atoms. The maximum atomic E-state index is 13.0. The van der Waals surface area contributed by atoms with Gasteiger partial charge in [0.2, 0.25) is 0 Å². The number of aryl methyl sites for hydroxylation is 2. The van der Waals surface area contributed by atoms with Crippen LogP contribution in [0.15, 0.2) is 41.0 Å². The van der Waals surface area contributed by atoms with E-state index in [4.69, 9.17) is 0 Å². The van der Waals surface area contributed by atoms with Crippen LogP contribution >= 0.6 is 15.9 Å². The van der Waals surface area contributed by atoms with Gasteiger partial charge >= 0.3 is 0 Å². The van der Waals surface area contributed by atoms with Crippen LogP contribution in [0.25, 0.3) is 5.65 Å². The van der Waals surface area contributed by atoms with E-state index >= 15 is 0 Å². The third kappa shape index (κ3) is 3.08. The zero-order chi connectivity index (χ0) is 17.3. The van der Waals surface area contributed by atoms with Crippen molar-refractivity contribution in [2.45, 2.75) is 33.6 Å². The molecule has 0 atom stereocenters. The molecular weight excluding hydrogens is 366 g/mol. The molecule has 0 aliphatic rings. The Morgan fingerprint density at radius 3 is 2.79 bits per heavy atom. The maximum Gasteiger partial charge on any atom is 0.274 e. The maximum absolute atomic E-state index is 13.0. The van der Waals surface area contributed by atoms with Crippen molar-refractivity contribution in [1.29, 1.82) is 0 Å². The van der Waals surface area contributed by atoms with Gasteiger partial charge in [0.25, 0.3) is 5.91 Å². The van der Waals surface area contributed by atoms with E-state index in [0.29, 0.717) is 5.69 Å². The minimum Gasteiger partial charge on any atom is -0.320 e. The molecule has 0 radical (unpaired) electrons. The van der Waals surface area contributed by atoms with Gasteiger partial charge in [0.1, 0.15) is 11.3 Å². The molecule has 0 saturated heterocycles. The third-order valence-electron chi connectivity index (χ3n) is 4.21. The number of hydrogen-bond acceptors (Lipinski definition) is 2. The lowest BCUT2D eigenvalue weighted by atomic mass is 10.1. The third-order valence-corrected chi connectivity index (χ3v) is 4.68. The molecule has 1 amide bonds. The van der Waals surface area contributed by atoms with Crippen LogP contribution in [-0.2, 0) is 6.42 Å². The Hall–Kier alpha value is -2.14. The standard InChI is InChI=1S/C19H20BrN3O/c1-4-6-16-18(23-11-14(20)9-10-17(23)21-16)19(24)22-15-8-5-7-12(2)13(15)3/h5,7-11H,4,6H2,1-3H3,(H,22,24). The summed E-state index contributed by atoms with van der Waals surface area (Å²) in [6.45, 7) is 6.15. The SMILES string of the molecule is CCCc1nc2ccc(Br)cn2c1C(=O)Nc1cccc(C)c1C. The summed E-state index contributed by atoms with van der Waals surface area (Å²) in [7, 11) is 0. The molecule has 0 saturated carbocycles. The summed E-state index contributed by atoms with van der Waals surface area (Å²) >= 11 is 3.47. The molecular formula is C19H20BrN3O. The van der Waals surface area contributed by atoms with Crippen molar-refractivity contribution < 1.29 is 4.79 Å². The van der Waals surface area contributed by atoms with Gasteiger partial charge < -0.3 is 5.32 Å². The summed E-state index contributed by atoms with van der Waals surface area (Å²) < 4.78 is 2.77. The number of pyridine rings is 1. The van der Waals surface area contributed by atoms with Gasteiger partial charge in [0.15, 0.2) is 0 Å². The van der Waals surface area contributed by atoms with Gasteiger partial charge in [-0.25, -0.2) is 4.98 Å². The molecule has 0 bridgehead atoms. The quantitative estimate of drug-likeness (QED) is 0.692. The highest BCUT2D eigenvalue weighted by Gasteiger charge is 2.19. The van der Waals surface area contributed by atoms with Crippen molar-refractivity contribution in [3.8, 4) is 0 Å². The second-order valence-electron chi connectivity index (χ2n) is 5.93. The number of anilines is 1. The van der Waals surface area contributed by atoms with Crippen molar-refractivity contribution >= 4 is 33.2 Å². The summed E-state index contributed by atoms with van der Waals surface area (Å²) in [5.74, 6) is -0.127. The second-order valence-corrected chi connectivity index (χ2v) is 6.85. The minimum absolute atomic E-state index is 0.127. The first-order valence-corrected chi connectivity index (χ1v) is 8.84. The Morgan fingerprint density at radius 1 is 1.25 bits per heavy atom. The van der Waals surface area contributed by atoms with E-state index in [2.05, 4.69) is 33.2 Å². The lowest BCUT2D eigenvalue weighted by Gasteiger charge is -2.11. The average molecular weight is 386 g/mol. The summed E-state index contributed by atoms with van der Waals surface area (Å²) in [6, 6.07) is 9.77. The largest absolute Gasteiger partial charge is 0.320 e. The average Bonchev–Trinajstić information content (AvgIpc) is 2.89. The highest BCUT2D eigenvalue weighted by molar-refractivity contribution is 9.10. The molecule has 1 N–H and O–H groups in total. The Morgan fingerprint density at radius 2 is 2.04 bits per heavy atom. The Labute approximate surface area is 150 Å². The van der Waals surface area contributed by atoms with Crippen molar-refractivity contribution in [2.75, 3.05) is 5.32 Å². The summed E-state index contributed by atoms with van der Waals surface area (Å²) in [5.41, 5.74) is 5.30. The molecule has 2 heterocycles. The molecule has 2 aromatic heterocycles. The first-order valence-electron chi connectivity index (χ1n) is 8.05. The minimum atomic E-state index is -0.127. The van der Waals surface area contributed by atoms with E-state index in [1.807, 2.05) is 54.8 Å². The highest BCUT2D eigenvalue weighted by Crippen LogP contribution is 2.22. The fraction of sp³-hybridized carbons (Fsp3) is 0.263. The van der Waals surface area contributed by atoms with Crippen molar-refractivity contribution in [1.82, 2.24) is 9.38 Å². The summed E-state index contributed by atoms with van der Waals surface area (Å²) in [4.78, 5) is 17.6. The zero-order valence-electron chi connectivity index (χ0n) is 14.1. The predicted molar refractivity (Wildman–Crippen MR) is 101 cm³/mol. The van der Waals surface area contributed by atoms with Crippen molar-refractivity contribution in [3.63, 3.8) is 0 Å². The lowest BCUT2D eigenvalue weighted by Crippen LogP contribution is -2.17. The number of fused-ring (bicyclic) bond motifs is 1. The molecule has 0 unspecified atom stereocenters. The second kappa shape index (κ2) is 6.77. The molecule has 0 aliphatic heterocycles. The number of carbonyl (C=O) groups excluding carboxylic acids is 1. The molecule has 0 aliphatic carbocycles. The Balaban J connectivity index is 2.06. The molecule has 4 nitrogen and oxygen atoms in total. The number of hydrogen-bond donors (Lipinski definition) is 1. The number of carbonyl (C=O) groups is 1. The zero-order valence-corrected chi connectivity index (χ0v) is 15.6. The van der Waals surface area contributed by atoms with E-state index in [9.17, 15) is 4.79 Å². The number of amides is 1. The van der Waals surface area contributed by atoms with E-state index < -0.39 is 0 Å². The fourth-order valence-corrected chi connectivity index (χ4v) is 3.12. The van der Waals surface area contributed by atoms with Crippen LogP contribution < -0.4 is 5.32 Å². The molecule has 0 fully saturated rings. The fourth-order valence-electron chi connectivity index (χ4n) is 2.79. The van der Waals surface area contributed by atoms with Crippen LogP contribution in [0.5, 0.6) is 0 Å². The van der Waals surface area contributed by atoms with Crippen LogP contribution in [-0.4, -0.2) is 15.3 Å². The lowest BCUT2D eigenvalue weighted by molar-refractivity contribution is 0.102. The topological polar surface area (TPSA) is 46.4 Å². The normalized spacial score (nSPS) is 11.0. The van der Waals surface area contributed by atoms with Crippen LogP contribution in [0.4, 0.5) is 5.69 Å². The molecule has 5 heteroatoms. The van der Waals surface area contributed by atoms with Gasteiger partial charge in [-0.2, -0.15) is 0 Å². The van der Waals surface area contributed by atoms with E-state index in [0.717, 1.165) is 45.5 Å². The Bertz CT molecular complexity index is 914. The highest BCUT2D eigenvalue weighted by atomic mass is 79.9. The Kier molecular flexibility index (Phi) is 4.71. The molecule has 3 aromatic rings. The number of aromatic nitrogens is 2. The van der Waals surface area contributed by atoms with Crippen LogP contribution in [0.3, 0.4) is 0 Å². The van der Waals surface area contributed by atoms with Crippen molar-refractivity contribution in [2.24, 2.45) is 0 Å². The monoisotopic (exact) mass is 385 g/mol. The molecule has 3 rings (SSSR count). The predicted octanol–water partition coefficient (Wildman–Crippen LogP) is 4.92. The van der Waals surface area contributed by atoms with E-state index in [-0.39, 0.29) is 5.91 Å². The van der Waals surface area contributed by atoms with Gasteiger partial charge in [0.05, 0.1) is 5.69 Å². The molecule has 1 aromatic carbocycles. The summed E-state index contributed by atoms with van der Waals surface area (Å²) in [6.07, 6.45) is 3.60. The van der Waals surface area contributed by atoms with Gasteiger partial charge in [-0.3, -0.25) is 9.20 Å². The van der Waals surface area contributed by atoms with Crippen LogP contribution in [0.2, 0.25) is 0 Å². The number of benzene rings is 1. The molecule has 24 heavy (non-hydrogen) atoms. The first kappa shape index (κ1) is 16.7. The van der Waals surface area contributed by atoms with E-state index in [1.165, 1.54) is 0 Å². The van der Waals surface area contributed by atoms with Crippen molar-refractivity contribution in [3.05, 3.63) is 63.5 Å². The van der Waals surface area contributed by atoms with E-state index in [1.54, 1.807) is 0 Å². The number of nitrogens with zero attached hydrogens (tertiary/aromatic N) is 2. The van der Waals surface area contributed by atoms with Gasteiger partial charge in [-0.15, -0.1) is 0 Å². The number of nitrogens with one attached hydrogen (secondary N) is 1.